The van der Waals surface area contributed by atoms with Crippen LogP contribution in [0.5, 0.6) is 0 Å². The molecule has 1 saturated carbocycles. The quantitative estimate of drug-likeness (QED) is 0.631. The normalized spacial score (nSPS) is 18.2. The topological polar surface area (TPSA) is 15.3 Å². The fraction of sp³-hybridized carbons (Fsp3) is 1.00. The molecule has 0 unspecified atom stereocenters. The summed E-state index contributed by atoms with van der Waals surface area (Å²) in [6, 6.07) is 0.912. The van der Waals surface area contributed by atoms with Gasteiger partial charge in [-0.15, -0.1) is 0 Å². The van der Waals surface area contributed by atoms with Crippen molar-refractivity contribution in [3.63, 3.8) is 0 Å². The van der Waals surface area contributed by atoms with Crippen LogP contribution < -0.4 is 5.32 Å². The van der Waals surface area contributed by atoms with E-state index in [9.17, 15) is 0 Å². The zero-order chi connectivity index (χ0) is 10.2. The van der Waals surface area contributed by atoms with Crippen molar-refractivity contribution >= 4 is 0 Å². The van der Waals surface area contributed by atoms with Gasteiger partial charge in [-0.1, -0.05) is 19.8 Å². The number of unbranched alkanes of at least 4 members (excludes halogenated alkanes) is 1. The van der Waals surface area contributed by atoms with E-state index in [1.54, 1.807) is 0 Å². The number of nitrogens with zero attached hydrogens (tertiary/aromatic N) is 1. The van der Waals surface area contributed by atoms with Crippen LogP contribution in [0.1, 0.15) is 45.4 Å². The van der Waals surface area contributed by atoms with Crippen molar-refractivity contribution in [1.82, 2.24) is 10.2 Å². The molecule has 0 heterocycles. The Morgan fingerprint density at radius 2 is 1.93 bits per heavy atom. The van der Waals surface area contributed by atoms with Gasteiger partial charge in [0.25, 0.3) is 0 Å². The lowest BCUT2D eigenvalue weighted by Gasteiger charge is -2.27. The number of hydrogen-bond acceptors (Lipinski definition) is 2. The first-order valence-electron chi connectivity index (χ1n) is 6.27. The predicted molar refractivity (Wildman–Crippen MR) is 62.7 cm³/mol. The molecule has 0 aliphatic heterocycles. The first-order valence-corrected chi connectivity index (χ1v) is 6.27. The smallest absolute Gasteiger partial charge is 0.00951 e. The number of nitrogens with one attached hydrogen (secondary N) is 1. The highest BCUT2D eigenvalue weighted by Gasteiger charge is 2.20. The minimum atomic E-state index is 0.912. The van der Waals surface area contributed by atoms with Crippen LogP contribution in [0.15, 0.2) is 0 Å². The zero-order valence-electron chi connectivity index (χ0n) is 9.89. The van der Waals surface area contributed by atoms with Crippen molar-refractivity contribution in [1.29, 1.82) is 0 Å². The monoisotopic (exact) mass is 198 g/mol. The van der Waals surface area contributed by atoms with E-state index < -0.39 is 0 Å². The summed E-state index contributed by atoms with van der Waals surface area (Å²) in [5, 5.41) is 3.21. The van der Waals surface area contributed by atoms with Crippen molar-refractivity contribution in [2.45, 2.75) is 51.5 Å². The van der Waals surface area contributed by atoms with Crippen LogP contribution in [0, 0.1) is 0 Å². The molecule has 0 radical (unpaired) electrons. The van der Waals surface area contributed by atoms with E-state index in [4.69, 9.17) is 0 Å². The molecular formula is C12H26N2. The van der Waals surface area contributed by atoms with Gasteiger partial charge in [-0.3, -0.25) is 0 Å². The second kappa shape index (κ2) is 7.24. The molecule has 0 aromatic carbocycles. The molecule has 0 aromatic rings. The minimum Gasteiger partial charge on any atom is -0.320 e. The maximum atomic E-state index is 3.21. The van der Waals surface area contributed by atoms with E-state index >= 15 is 0 Å². The molecule has 2 heteroatoms. The molecule has 0 atom stereocenters. The maximum absolute atomic E-state index is 3.21. The molecular weight excluding hydrogens is 172 g/mol. The van der Waals surface area contributed by atoms with Crippen LogP contribution in [-0.4, -0.2) is 37.6 Å². The van der Waals surface area contributed by atoms with Crippen molar-refractivity contribution in [3.8, 4) is 0 Å². The van der Waals surface area contributed by atoms with E-state index in [-0.39, 0.29) is 0 Å². The Bertz CT molecular complexity index is 130. The summed E-state index contributed by atoms with van der Waals surface area (Å²) in [4.78, 5) is 2.68. The molecule has 14 heavy (non-hydrogen) atoms. The summed E-state index contributed by atoms with van der Waals surface area (Å²) in [5.74, 6) is 0. The fourth-order valence-corrected chi connectivity index (χ4v) is 2.48. The Kier molecular flexibility index (Phi) is 6.20. The van der Waals surface area contributed by atoms with Gasteiger partial charge in [0.1, 0.15) is 0 Å². The van der Waals surface area contributed by atoms with Crippen LogP contribution in [-0.2, 0) is 0 Å². The summed E-state index contributed by atoms with van der Waals surface area (Å²) < 4.78 is 0. The Morgan fingerprint density at radius 1 is 1.21 bits per heavy atom. The van der Waals surface area contributed by atoms with Gasteiger partial charge in [0.2, 0.25) is 0 Å². The van der Waals surface area contributed by atoms with Gasteiger partial charge >= 0.3 is 0 Å². The molecule has 0 bridgehead atoms. The number of hydrogen-bond donors (Lipinski definition) is 1. The van der Waals surface area contributed by atoms with Gasteiger partial charge in [-0.2, -0.15) is 0 Å². The summed E-state index contributed by atoms with van der Waals surface area (Å²) >= 11 is 0. The lowest BCUT2D eigenvalue weighted by Crippen LogP contribution is -2.34. The molecule has 1 fully saturated rings. The molecule has 84 valence electrons. The van der Waals surface area contributed by atoms with E-state index in [1.807, 2.05) is 7.05 Å². The van der Waals surface area contributed by atoms with Crippen molar-refractivity contribution in [3.05, 3.63) is 0 Å². The molecule has 1 N–H and O–H groups in total. The Morgan fingerprint density at radius 3 is 2.50 bits per heavy atom. The highest BCUT2D eigenvalue weighted by Crippen LogP contribution is 2.23. The summed E-state index contributed by atoms with van der Waals surface area (Å²) in [6.07, 6.45) is 8.47. The van der Waals surface area contributed by atoms with Crippen LogP contribution >= 0.6 is 0 Å². The van der Waals surface area contributed by atoms with Gasteiger partial charge in [-0.05, 0) is 52.4 Å². The lowest BCUT2D eigenvalue weighted by molar-refractivity contribution is 0.205. The van der Waals surface area contributed by atoms with E-state index in [0.717, 1.165) is 6.04 Å². The SMILES string of the molecule is CCN(CCCCNC)C1CCCC1. The third-order valence-corrected chi connectivity index (χ3v) is 3.37. The van der Waals surface area contributed by atoms with Crippen LogP contribution in [0.2, 0.25) is 0 Å². The fourth-order valence-electron chi connectivity index (χ4n) is 2.48. The molecule has 1 rings (SSSR count). The van der Waals surface area contributed by atoms with E-state index in [1.165, 1.54) is 58.2 Å². The maximum Gasteiger partial charge on any atom is 0.00951 e. The van der Waals surface area contributed by atoms with Crippen LogP contribution in [0.3, 0.4) is 0 Å². The van der Waals surface area contributed by atoms with Crippen molar-refractivity contribution in [2.75, 3.05) is 26.7 Å². The predicted octanol–water partition coefficient (Wildman–Crippen LogP) is 2.25. The highest BCUT2D eigenvalue weighted by atomic mass is 15.1. The van der Waals surface area contributed by atoms with Gasteiger partial charge in [0, 0.05) is 6.04 Å². The van der Waals surface area contributed by atoms with Gasteiger partial charge in [-0.25, -0.2) is 0 Å². The molecule has 0 spiro atoms. The standard InChI is InChI=1S/C12H26N2/c1-3-14(11-7-6-10-13-2)12-8-4-5-9-12/h12-13H,3-11H2,1-2H3. The average Bonchev–Trinajstić information content (AvgIpc) is 2.71. The van der Waals surface area contributed by atoms with E-state index in [2.05, 4.69) is 17.1 Å². The second-order valence-corrected chi connectivity index (χ2v) is 4.38. The first kappa shape index (κ1) is 12.0. The molecule has 0 saturated heterocycles. The Balaban J connectivity index is 2.11. The molecule has 0 aromatic heterocycles. The van der Waals surface area contributed by atoms with Crippen LogP contribution in [0.4, 0.5) is 0 Å². The summed E-state index contributed by atoms with van der Waals surface area (Å²) in [6.45, 7) is 6.02. The molecule has 1 aliphatic carbocycles. The third-order valence-electron chi connectivity index (χ3n) is 3.37. The van der Waals surface area contributed by atoms with Gasteiger partial charge in [0.05, 0.1) is 0 Å². The first-order chi connectivity index (χ1) is 6.88. The Labute approximate surface area is 89.1 Å². The molecule has 0 amide bonds. The highest BCUT2D eigenvalue weighted by molar-refractivity contribution is 4.76. The minimum absolute atomic E-state index is 0.912. The summed E-state index contributed by atoms with van der Waals surface area (Å²) in [7, 11) is 2.04. The van der Waals surface area contributed by atoms with Crippen molar-refractivity contribution in [2.24, 2.45) is 0 Å². The summed E-state index contributed by atoms with van der Waals surface area (Å²) in [5.41, 5.74) is 0. The third kappa shape index (κ3) is 3.97. The molecule has 2 nitrogen and oxygen atoms in total. The average molecular weight is 198 g/mol. The van der Waals surface area contributed by atoms with E-state index in [0.29, 0.717) is 0 Å². The molecule has 1 aliphatic rings. The number of rotatable bonds is 7. The van der Waals surface area contributed by atoms with Gasteiger partial charge in [0.15, 0.2) is 0 Å². The lowest BCUT2D eigenvalue weighted by atomic mass is 10.2. The zero-order valence-corrected chi connectivity index (χ0v) is 9.89. The van der Waals surface area contributed by atoms with Crippen molar-refractivity contribution < 1.29 is 0 Å². The second-order valence-electron chi connectivity index (χ2n) is 4.38. The van der Waals surface area contributed by atoms with Crippen LogP contribution in [0.25, 0.3) is 0 Å². The van der Waals surface area contributed by atoms with Gasteiger partial charge < -0.3 is 10.2 Å². The Hall–Kier alpha value is -0.0800. The largest absolute Gasteiger partial charge is 0.320 e.